The second-order valence-corrected chi connectivity index (χ2v) is 7.52. The first-order valence-electron chi connectivity index (χ1n) is 9.90. The van der Waals surface area contributed by atoms with E-state index in [-0.39, 0.29) is 17.4 Å². The molecular weight excluding hydrogens is 352 g/mol. The second kappa shape index (κ2) is 9.11. The third-order valence-corrected chi connectivity index (χ3v) is 5.74. The first-order chi connectivity index (χ1) is 13.6. The second-order valence-electron chi connectivity index (χ2n) is 7.52. The summed E-state index contributed by atoms with van der Waals surface area (Å²) >= 11 is 0. The van der Waals surface area contributed by atoms with Crippen LogP contribution in [0.1, 0.15) is 38.2 Å². The van der Waals surface area contributed by atoms with Gasteiger partial charge in [0.1, 0.15) is 0 Å². The number of benzene rings is 2. The van der Waals surface area contributed by atoms with Gasteiger partial charge in [0, 0.05) is 23.7 Å². The Hall–Kier alpha value is -2.53. The summed E-state index contributed by atoms with van der Waals surface area (Å²) in [6.07, 6.45) is 4.80. The Morgan fingerprint density at radius 3 is 2.36 bits per heavy atom. The molecule has 1 fully saturated rings. The molecule has 0 bridgehead atoms. The van der Waals surface area contributed by atoms with Crippen LogP contribution in [0, 0.1) is 0 Å². The predicted molar refractivity (Wildman–Crippen MR) is 112 cm³/mol. The number of hydrogen-bond acceptors (Lipinski definition) is 4. The maximum absolute atomic E-state index is 12.7. The molecule has 1 atom stereocenters. The summed E-state index contributed by atoms with van der Waals surface area (Å²) in [7, 11) is 3.17. The summed E-state index contributed by atoms with van der Waals surface area (Å²) in [6.45, 7) is 2.71. The van der Waals surface area contributed by atoms with Crippen LogP contribution < -0.4 is 20.1 Å². The summed E-state index contributed by atoms with van der Waals surface area (Å²) in [5.74, 6) is 1.17. The Kier molecular flexibility index (Phi) is 6.57. The highest BCUT2D eigenvalue weighted by atomic mass is 16.5. The molecule has 0 spiro atoms. The number of nitrogens with one attached hydrogen (secondary N) is 2. The summed E-state index contributed by atoms with van der Waals surface area (Å²) in [5, 5.41) is 6.43. The molecule has 3 rings (SSSR count). The average molecular weight is 383 g/mol. The minimum absolute atomic E-state index is 0.0616. The van der Waals surface area contributed by atoms with E-state index in [1.54, 1.807) is 26.4 Å². The first kappa shape index (κ1) is 20.2. The molecule has 1 saturated carbocycles. The summed E-state index contributed by atoms with van der Waals surface area (Å²) in [6, 6.07) is 15.7. The molecule has 0 saturated heterocycles. The van der Waals surface area contributed by atoms with Crippen molar-refractivity contribution in [2.75, 3.05) is 26.1 Å². The molecule has 5 heteroatoms. The van der Waals surface area contributed by atoms with Gasteiger partial charge in [-0.2, -0.15) is 0 Å². The van der Waals surface area contributed by atoms with Crippen molar-refractivity contribution in [1.29, 1.82) is 0 Å². The van der Waals surface area contributed by atoms with Gasteiger partial charge >= 0.3 is 0 Å². The van der Waals surface area contributed by atoms with E-state index in [4.69, 9.17) is 9.47 Å². The fraction of sp³-hybridized carbons (Fsp3) is 0.435. The highest BCUT2D eigenvalue weighted by molar-refractivity contribution is 5.94. The lowest BCUT2D eigenvalue weighted by molar-refractivity contribution is -0.117. The molecule has 1 amide bonds. The Balaban J connectivity index is 1.62. The molecule has 2 N–H and O–H groups in total. The van der Waals surface area contributed by atoms with Gasteiger partial charge in [-0.25, -0.2) is 0 Å². The largest absolute Gasteiger partial charge is 0.493 e. The van der Waals surface area contributed by atoms with Gasteiger partial charge in [-0.1, -0.05) is 43.2 Å². The number of hydrogen-bond donors (Lipinski definition) is 2. The maximum atomic E-state index is 12.7. The number of carbonyl (C=O) groups is 1. The fourth-order valence-electron chi connectivity index (χ4n) is 4.02. The molecular formula is C23H30N2O3. The Labute approximate surface area is 167 Å². The standard InChI is InChI=1S/C23H30N2O3/c1-17(22(26)25-19-11-12-20(27-2)21(15-19)28-3)24-16-23(13-7-8-14-23)18-9-5-4-6-10-18/h4-6,9-12,15,17,24H,7-8,13-14,16H2,1-3H3,(H,25,26). The lowest BCUT2D eigenvalue weighted by atomic mass is 9.78. The topological polar surface area (TPSA) is 59.6 Å². The van der Waals surface area contributed by atoms with E-state index in [2.05, 4.69) is 41.0 Å². The normalized spacial score (nSPS) is 16.4. The smallest absolute Gasteiger partial charge is 0.241 e. The molecule has 5 nitrogen and oxygen atoms in total. The van der Waals surface area contributed by atoms with E-state index in [1.165, 1.54) is 18.4 Å². The lowest BCUT2D eigenvalue weighted by Crippen LogP contribution is -2.45. The third kappa shape index (κ3) is 4.47. The minimum Gasteiger partial charge on any atom is -0.493 e. The minimum atomic E-state index is -0.297. The number of ether oxygens (including phenoxy) is 2. The van der Waals surface area contributed by atoms with Gasteiger partial charge in [0.2, 0.25) is 5.91 Å². The molecule has 2 aromatic rings. The number of rotatable bonds is 8. The molecule has 1 aliphatic rings. The van der Waals surface area contributed by atoms with Crippen molar-refractivity contribution >= 4 is 11.6 Å². The molecule has 28 heavy (non-hydrogen) atoms. The molecule has 0 aliphatic heterocycles. The van der Waals surface area contributed by atoms with Crippen molar-refractivity contribution in [3.63, 3.8) is 0 Å². The van der Waals surface area contributed by atoms with Crippen molar-refractivity contribution < 1.29 is 14.3 Å². The SMILES string of the molecule is COc1ccc(NC(=O)C(C)NCC2(c3ccccc3)CCCC2)cc1OC. The van der Waals surface area contributed by atoms with Crippen LogP contribution in [0.15, 0.2) is 48.5 Å². The molecule has 0 radical (unpaired) electrons. The average Bonchev–Trinajstić information content (AvgIpc) is 3.22. The van der Waals surface area contributed by atoms with Gasteiger partial charge in [0.25, 0.3) is 0 Å². The summed E-state index contributed by atoms with van der Waals surface area (Å²) < 4.78 is 10.5. The zero-order valence-corrected chi connectivity index (χ0v) is 17.0. The van der Waals surface area contributed by atoms with Crippen molar-refractivity contribution in [1.82, 2.24) is 5.32 Å². The third-order valence-electron chi connectivity index (χ3n) is 5.74. The lowest BCUT2D eigenvalue weighted by Gasteiger charge is -2.31. The van der Waals surface area contributed by atoms with Crippen LogP contribution in [0.3, 0.4) is 0 Å². The number of methoxy groups -OCH3 is 2. The number of anilines is 1. The number of amides is 1. The van der Waals surface area contributed by atoms with Crippen LogP contribution in [-0.2, 0) is 10.2 Å². The first-order valence-corrected chi connectivity index (χ1v) is 9.90. The van der Waals surface area contributed by atoms with Crippen molar-refractivity contribution in [3.05, 3.63) is 54.1 Å². The van der Waals surface area contributed by atoms with Crippen LogP contribution in [0.5, 0.6) is 11.5 Å². The van der Waals surface area contributed by atoms with Crippen LogP contribution in [0.25, 0.3) is 0 Å². The molecule has 0 aromatic heterocycles. The zero-order valence-electron chi connectivity index (χ0n) is 17.0. The van der Waals surface area contributed by atoms with Gasteiger partial charge in [-0.05, 0) is 37.5 Å². The zero-order chi connectivity index (χ0) is 20.0. The summed E-state index contributed by atoms with van der Waals surface area (Å²) in [5.41, 5.74) is 2.18. The summed E-state index contributed by atoms with van der Waals surface area (Å²) in [4.78, 5) is 12.7. The van der Waals surface area contributed by atoms with E-state index in [0.717, 1.165) is 19.4 Å². The van der Waals surface area contributed by atoms with E-state index >= 15 is 0 Å². The van der Waals surface area contributed by atoms with Gasteiger partial charge in [0.15, 0.2) is 11.5 Å². The van der Waals surface area contributed by atoms with Crippen LogP contribution >= 0.6 is 0 Å². The van der Waals surface area contributed by atoms with Crippen molar-refractivity contribution in [2.24, 2.45) is 0 Å². The van der Waals surface area contributed by atoms with E-state index in [1.807, 2.05) is 13.0 Å². The maximum Gasteiger partial charge on any atom is 0.241 e. The van der Waals surface area contributed by atoms with E-state index < -0.39 is 0 Å². The molecule has 1 unspecified atom stereocenters. The van der Waals surface area contributed by atoms with Gasteiger partial charge in [-0.15, -0.1) is 0 Å². The predicted octanol–water partition coefficient (Wildman–Crippen LogP) is 4.13. The molecule has 2 aromatic carbocycles. The van der Waals surface area contributed by atoms with Crippen LogP contribution in [0.2, 0.25) is 0 Å². The van der Waals surface area contributed by atoms with Gasteiger partial charge < -0.3 is 20.1 Å². The van der Waals surface area contributed by atoms with Crippen LogP contribution in [-0.4, -0.2) is 32.7 Å². The Bertz CT molecular complexity index is 786. The highest BCUT2D eigenvalue weighted by Crippen LogP contribution is 2.40. The Morgan fingerprint density at radius 2 is 1.71 bits per heavy atom. The molecule has 0 heterocycles. The van der Waals surface area contributed by atoms with Crippen LogP contribution in [0.4, 0.5) is 5.69 Å². The highest BCUT2D eigenvalue weighted by Gasteiger charge is 2.35. The van der Waals surface area contributed by atoms with Crippen molar-refractivity contribution in [2.45, 2.75) is 44.1 Å². The Morgan fingerprint density at radius 1 is 1.04 bits per heavy atom. The van der Waals surface area contributed by atoms with Crippen molar-refractivity contribution in [3.8, 4) is 11.5 Å². The monoisotopic (exact) mass is 382 g/mol. The number of carbonyl (C=O) groups excluding carboxylic acids is 1. The van der Waals surface area contributed by atoms with Gasteiger partial charge in [0.05, 0.1) is 20.3 Å². The van der Waals surface area contributed by atoms with E-state index in [9.17, 15) is 4.79 Å². The molecule has 1 aliphatic carbocycles. The fourth-order valence-corrected chi connectivity index (χ4v) is 4.02. The molecule has 150 valence electrons. The van der Waals surface area contributed by atoms with E-state index in [0.29, 0.717) is 17.2 Å². The quantitative estimate of drug-likeness (QED) is 0.721. The van der Waals surface area contributed by atoms with Gasteiger partial charge in [-0.3, -0.25) is 4.79 Å².